The second-order valence-electron chi connectivity index (χ2n) is 4.67. The van der Waals surface area contributed by atoms with Gasteiger partial charge in [-0.3, -0.25) is 0 Å². The van der Waals surface area contributed by atoms with Crippen molar-refractivity contribution in [3.05, 3.63) is 10.0 Å². The number of aryl methyl sites for hydroxylation is 2. The van der Waals surface area contributed by atoms with Crippen LogP contribution >= 0.6 is 11.3 Å². The van der Waals surface area contributed by atoms with Crippen molar-refractivity contribution in [1.29, 1.82) is 0 Å². The zero-order chi connectivity index (χ0) is 11.2. The van der Waals surface area contributed by atoms with E-state index < -0.39 is 0 Å². The van der Waals surface area contributed by atoms with Gasteiger partial charge in [-0.25, -0.2) is 0 Å². The summed E-state index contributed by atoms with van der Waals surface area (Å²) in [7, 11) is 0. The maximum absolute atomic E-state index is 5.48. The molecule has 0 saturated heterocycles. The van der Waals surface area contributed by atoms with E-state index in [4.69, 9.17) is 5.73 Å². The van der Waals surface area contributed by atoms with Gasteiger partial charge < -0.3 is 5.73 Å². The van der Waals surface area contributed by atoms with E-state index >= 15 is 0 Å². The number of nitrogens with zero attached hydrogens (tertiary/aromatic N) is 2. The highest BCUT2D eigenvalue weighted by Crippen LogP contribution is 2.29. The zero-order valence-electron chi connectivity index (χ0n) is 9.82. The number of nitrogens with two attached hydrogens (primary N) is 1. The summed E-state index contributed by atoms with van der Waals surface area (Å²) in [6, 6.07) is 0. The highest BCUT2D eigenvalue weighted by Gasteiger charge is 2.15. The second kappa shape index (κ2) is 6.30. The topological polar surface area (TPSA) is 51.8 Å². The molecule has 1 aromatic rings. The third kappa shape index (κ3) is 3.52. The summed E-state index contributed by atoms with van der Waals surface area (Å²) in [6.07, 6.45) is 10.2. The maximum atomic E-state index is 5.48. The predicted molar refractivity (Wildman–Crippen MR) is 67.6 cm³/mol. The largest absolute Gasteiger partial charge is 0.330 e. The summed E-state index contributed by atoms with van der Waals surface area (Å²) in [6.45, 7) is 0.747. The first-order valence-electron chi connectivity index (χ1n) is 6.40. The van der Waals surface area contributed by atoms with Crippen LogP contribution in [0.25, 0.3) is 0 Å². The summed E-state index contributed by atoms with van der Waals surface area (Å²) >= 11 is 1.78. The van der Waals surface area contributed by atoms with Crippen LogP contribution in [0.15, 0.2) is 0 Å². The third-order valence-corrected chi connectivity index (χ3v) is 4.39. The van der Waals surface area contributed by atoms with Crippen LogP contribution in [0.5, 0.6) is 0 Å². The molecule has 2 rings (SSSR count). The van der Waals surface area contributed by atoms with Crippen molar-refractivity contribution in [2.45, 2.75) is 51.4 Å². The Morgan fingerprint density at radius 2 is 1.81 bits per heavy atom. The lowest BCUT2D eigenvalue weighted by atomic mass is 10.0. The van der Waals surface area contributed by atoms with Crippen molar-refractivity contribution in [1.82, 2.24) is 10.2 Å². The Morgan fingerprint density at radius 1 is 1.12 bits per heavy atom. The molecular formula is C12H21N3S. The molecule has 0 aromatic carbocycles. The molecule has 1 fully saturated rings. The molecule has 0 bridgehead atoms. The minimum atomic E-state index is 0.747. The van der Waals surface area contributed by atoms with Crippen molar-refractivity contribution in [2.24, 2.45) is 11.7 Å². The summed E-state index contributed by atoms with van der Waals surface area (Å²) < 4.78 is 0. The van der Waals surface area contributed by atoms with Gasteiger partial charge in [0.15, 0.2) is 0 Å². The fourth-order valence-corrected chi connectivity index (χ4v) is 3.27. The van der Waals surface area contributed by atoms with E-state index in [-0.39, 0.29) is 0 Å². The van der Waals surface area contributed by atoms with E-state index in [9.17, 15) is 0 Å². The van der Waals surface area contributed by atoms with Crippen LogP contribution in [-0.2, 0) is 12.8 Å². The molecule has 3 nitrogen and oxygen atoms in total. The number of aromatic nitrogens is 2. The first kappa shape index (κ1) is 12.0. The Bertz CT molecular complexity index is 305. The molecule has 0 spiro atoms. The molecule has 4 heteroatoms. The Balaban J connectivity index is 1.73. The van der Waals surface area contributed by atoms with Crippen molar-refractivity contribution >= 4 is 11.3 Å². The van der Waals surface area contributed by atoms with Gasteiger partial charge in [0, 0.05) is 12.8 Å². The monoisotopic (exact) mass is 239 g/mol. The average molecular weight is 239 g/mol. The van der Waals surface area contributed by atoms with Gasteiger partial charge in [-0.1, -0.05) is 25.7 Å². The molecule has 0 aliphatic heterocycles. The summed E-state index contributed by atoms with van der Waals surface area (Å²) in [5, 5.41) is 10.9. The van der Waals surface area contributed by atoms with E-state index in [1.54, 1.807) is 11.3 Å². The Kier molecular flexibility index (Phi) is 4.72. The van der Waals surface area contributed by atoms with E-state index in [0.717, 1.165) is 36.7 Å². The van der Waals surface area contributed by atoms with Gasteiger partial charge in [0.2, 0.25) is 0 Å². The molecule has 0 radical (unpaired) electrons. The van der Waals surface area contributed by atoms with E-state index in [1.807, 2.05) is 0 Å². The summed E-state index contributed by atoms with van der Waals surface area (Å²) in [4.78, 5) is 0. The van der Waals surface area contributed by atoms with Crippen LogP contribution in [0.1, 0.15) is 48.5 Å². The van der Waals surface area contributed by atoms with Crippen molar-refractivity contribution < 1.29 is 0 Å². The van der Waals surface area contributed by atoms with Gasteiger partial charge in [0.05, 0.1) is 0 Å². The molecule has 90 valence electrons. The van der Waals surface area contributed by atoms with Crippen LogP contribution in [0.2, 0.25) is 0 Å². The predicted octanol–water partition coefficient (Wildman–Crippen LogP) is 2.55. The minimum absolute atomic E-state index is 0.747. The van der Waals surface area contributed by atoms with Gasteiger partial charge >= 0.3 is 0 Å². The van der Waals surface area contributed by atoms with Gasteiger partial charge in [0.25, 0.3) is 0 Å². The second-order valence-corrected chi connectivity index (χ2v) is 5.82. The van der Waals surface area contributed by atoms with E-state index in [0.29, 0.717) is 0 Å². The summed E-state index contributed by atoms with van der Waals surface area (Å²) in [5.41, 5.74) is 5.48. The van der Waals surface area contributed by atoms with Crippen LogP contribution in [0.4, 0.5) is 0 Å². The van der Waals surface area contributed by atoms with Crippen LogP contribution in [0, 0.1) is 5.92 Å². The number of rotatable bonds is 6. The summed E-state index contributed by atoms with van der Waals surface area (Å²) in [5.74, 6) is 0.955. The smallest absolute Gasteiger partial charge is 0.117 e. The lowest BCUT2D eigenvalue weighted by Gasteiger charge is -2.05. The molecule has 1 aromatic heterocycles. The normalized spacial score (nSPS) is 17.1. The molecule has 1 heterocycles. The number of hydrogen-bond donors (Lipinski definition) is 1. The standard InChI is InChI=1S/C12H21N3S/c13-9-3-6-11-14-15-12(16-11)8-7-10-4-1-2-5-10/h10H,1-9,13H2. The Labute approximate surface area is 101 Å². The maximum Gasteiger partial charge on any atom is 0.117 e. The van der Waals surface area contributed by atoms with Gasteiger partial charge in [-0.15, -0.1) is 21.5 Å². The zero-order valence-corrected chi connectivity index (χ0v) is 10.6. The van der Waals surface area contributed by atoms with Crippen LogP contribution < -0.4 is 5.73 Å². The third-order valence-electron chi connectivity index (χ3n) is 3.34. The van der Waals surface area contributed by atoms with E-state index in [2.05, 4.69) is 10.2 Å². The molecule has 1 aliphatic carbocycles. The fraction of sp³-hybridized carbons (Fsp3) is 0.833. The highest BCUT2D eigenvalue weighted by atomic mass is 32.1. The molecule has 1 aliphatic rings. The SMILES string of the molecule is NCCCc1nnc(CCC2CCCC2)s1. The Hall–Kier alpha value is -0.480. The molecular weight excluding hydrogens is 218 g/mol. The molecule has 2 N–H and O–H groups in total. The number of hydrogen-bond acceptors (Lipinski definition) is 4. The highest BCUT2D eigenvalue weighted by molar-refractivity contribution is 7.11. The molecule has 0 atom stereocenters. The van der Waals surface area contributed by atoms with Crippen LogP contribution in [-0.4, -0.2) is 16.7 Å². The van der Waals surface area contributed by atoms with Gasteiger partial charge in [0.1, 0.15) is 10.0 Å². The first-order valence-corrected chi connectivity index (χ1v) is 7.21. The van der Waals surface area contributed by atoms with Gasteiger partial charge in [-0.2, -0.15) is 0 Å². The molecule has 0 unspecified atom stereocenters. The first-order chi connectivity index (χ1) is 7.88. The Morgan fingerprint density at radius 3 is 2.50 bits per heavy atom. The molecule has 0 amide bonds. The molecule has 16 heavy (non-hydrogen) atoms. The van der Waals surface area contributed by atoms with Crippen molar-refractivity contribution in [3.63, 3.8) is 0 Å². The van der Waals surface area contributed by atoms with Crippen LogP contribution in [0.3, 0.4) is 0 Å². The van der Waals surface area contributed by atoms with Gasteiger partial charge in [-0.05, 0) is 25.3 Å². The quantitative estimate of drug-likeness (QED) is 0.830. The lowest BCUT2D eigenvalue weighted by Crippen LogP contribution is -1.99. The molecule has 1 saturated carbocycles. The van der Waals surface area contributed by atoms with Crippen molar-refractivity contribution in [2.75, 3.05) is 6.54 Å². The fourth-order valence-electron chi connectivity index (χ4n) is 2.37. The minimum Gasteiger partial charge on any atom is -0.330 e. The average Bonchev–Trinajstić information content (AvgIpc) is 2.95. The van der Waals surface area contributed by atoms with Crippen molar-refractivity contribution in [3.8, 4) is 0 Å². The lowest BCUT2D eigenvalue weighted by molar-refractivity contribution is 0.502. The van der Waals surface area contributed by atoms with E-state index in [1.165, 1.54) is 37.1 Å².